The molecular weight excluding hydrogens is 124 g/mol. The molecule has 55 valence electrons. The zero-order valence-corrected chi connectivity index (χ0v) is 6.34. The minimum absolute atomic E-state index is 0.830. The van der Waals surface area contributed by atoms with Crippen molar-refractivity contribution in [3.8, 4) is 0 Å². The Bertz CT molecular complexity index is 145. The Morgan fingerprint density at radius 1 is 1.60 bits per heavy atom. The average molecular weight is 137 g/mol. The van der Waals surface area contributed by atoms with Crippen molar-refractivity contribution >= 4 is 0 Å². The van der Waals surface area contributed by atoms with Gasteiger partial charge in [0.15, 0.2) is 0 Å². The fraction of sp³-hybridized carbons (Fsp3) is 0.444. The van der Waals surface area contributed by atoms with Crippen molar-refractivity contribution in [2.24, 2.45) is 0 Å². The molecule has 0 bridgehead atoms. The molecule has 0 heterocycles. The van der Waals surface area contributed by atoms with Crippen LogP contribution in [0.15, 0.2) is 24.0 Å². The van der Waals surface area contributed by atoms with Gasteiger partial charge in [-0.25, -0.2) is 0 Å². The third-order valence-corrected chi connectivity index (χ3v) is 1.32. The number of hydrogen-bond acceptors (Lipinski definition) is 1. The molecule has 0 aromatic carbocycles. The fourth-order valence-corrected chi connectivity index (χ4v) is 0.821. The molecule has 0 amide bonds. The van der Waals surface area contributed by atoms with Crippen LogP contribution >= 0.6 is 0 Å². The predicted octanol–water partition coefficient (Wildman–Crippen LogP) is 2.46. The van der Waals surface area contributed by atoms with Gasteiger partial charge in [0.2, 0.25) is 0 Å². The van der Waals surface area contributed by atoms with Crippen molar-refractivity contribution in [3.05, 3.63) is 30.4 Å². The van der Waals surface area contributed by atoms with Crippen LogP contribution < -0.4 is 0 Å². The van der Waals surface area contributed by atoms with Crippen molar-refractivity contribution in [1.82, 2.24) is 0 Å². The Balaban J connectivity index is 2.25. The molecule has 0 fully saturated rings. The summed E-state index contributed by atoms with van der Waals surface area (Å²) in [6, 6.07) is 0. The lowest BCUT2D eigenvalue weighted by Crippen LogP contribution is -1.95. The summed E-state index contributed by atoms with van der Waals surface area (Å²) in [6.45, 7) is 2.94. The first-order valence-electron chi connectivity index (χ1n) is 3.76. The van der Waals surface area contributed by atoms with Crippen LogP contribution in [0.5, 0.6) is 0 Å². The highest BCUT2D eigenvalue weighted by Gasteiger charge is 1.98. The molecule has 1 aliphatic carbocycles. The van der Waals surface area contributed by atoms with Crippen molar-refractivity contribution in [3.63, 3.8) is 0 Å². The lowest BCUT2D eigenvalue weighted by atomic mass is 10.2. The van der Waals surface area contributed by atoms with Crippen molar-refractivity contribution in [2.45, 2.75) is 19.8 Å². The first kappa shape index (κ1) is 7.39. The molecule has 0 aromatic heterocycles. The number of allylic oxidation sites excluding steroid dienone is 4. The molecule has 1 aliphatic rings. The zero-order chi connectivity index (χ0) is 7.23. The minimum atomic E-state index is 0.830. The van der Waals surface area contributed by atoms with Gasteiger partial charge >= 0.3 is 0 Å². The van der Waals surface area contributed by atoms with Gasteiger partial charge in [0.05, 0.1) is 6.61 Å². The van der Waals surface area contributed by atoms with E-state index >= 15 is 0 Å². The van der Waals surface area contributed by atoms with E-state index in [1.807, 2.05) is 12.2 Å². The molecule has 0 N–H and O–H groups in total. The van der Waals surface area contributed by atoms with Gasteiger partial charge in [0, 0.05) is 6.42 Å². The van der Waals surface area contributed by atoms with E-state index in [1.165, 1.54) is 0 Å². The molecule has 10 heavy (non-hydrogen) atoms. The van der Waals surface area contributed by atoms with Gasteiger partial charge in [-0.3, -0.25) is 0 Å². The summed E-state index contributed by atoms with van der Waals surface area (Å²) in [5.74, 6) is 1.02. The molecule has 0 saturated carbocycles. The standard InChI is InChI=1S/C9H13O/c1-2-8-10-9-6-4-3-5-7-9/h3-4,6-7H,2,5,8H2,1H3. The second-order valence-electron chi connectivity index (χ2n) is 2.29. The Hall–Kier alpha value is -0.720. The number of hydrogen-bond donors (Lipinski definition) is 0. The fourth-order valence-electron chi connectivity index (χ4n) is 0.821. The summed E-state index contributed by atoms with van der Waals surface area (Å²) in [5.41, 5.74) is 0. The lowest BCUT2D eigenvalue weighted by molar-refractivity contribution is 0.217. The maximum Gasteiger partial charge on any atom is 0.100 e. The van der Waals surface area contributed by atoms with E-state index in [0.717, 1.165) is 25.2 Å². The third-order valence-electron chi connectivity index (χ3n) is 1.32. The quantitative estimate of drug-likeness (QED) is 0.580. The summed E-state index contributed by atoms with van der Waals surface area (Å²) < 4.78 is 5.39. The summed E-state index contributed by atoms with van der Waals surface area (Å²) in [6.07, 6.45) is 10.3. The number of rotatable bonds is 3. The van der Waals surface area contributed by atoms with Gasteiger partial charge in [0.1, 0.15) is 5.76 Å². The molecule has 0 aromatic rings. The summed E-state index contributed by atoms with van der Waals surface area (Å²) in [4.78, 5) is 0. The zero-order valence-electron chi connectivity index (χ0n) is 6.34. The van der Waals surface area contributed by atoms with Crippen molar-refractivity contribution in [1.29, 1.82) is 0 Å². The topological polar surface area (TPSA) is 9.23 Å². The Morgan fingerprint density at radius 2 is 2.50 bits per heavy atom. The molecule has 0 aliphatic heterocycles. The lowest BCUT2D eigenvalue weighted by Gasteiger charge is -2.09. The van der Waals surface area contributed by atoms with E-state index in [9.17, 15) is 0 Å². The van der Waals surface area contributed by atoms with E-state index in [2.05, 4.69) is 19.4 Å². The maximum atomic E-state index is 5.39. The largest absolute Gasteiger partial charge is 0.498 e. The second kappa shape index (κ2) is 4.15. The van der Waals surface area contributed by atoms with E-state index < -0.39 is 0 Å². The van der Waals surface area contributed by atoms with E-state index in [4.69, 9.17) is 4.74 Å². The van der Waals surface area contributed by atoms with E-state index in [0.29, 0.717) is 0 Å². The van der Waals surface area contributed by atoms with Crippen molar-refractivity contribution < 1.29 is 4.74 Å². The molecule has 1 radical (unpaired) electrons. The molecule has 1 nitrogen and oxygen atoms in total. The number of ether oxygens (including phenoxy) is 1. The van der Waals surface area contributed by atoms with Gasteiger partial charge in [-0.15, -0.1) is 0 Å². The molecule has 0 saturated heterocycles. The molecule has 0 atom stereocenters. The summed E-state index contributed by atoms with van der Waals surface area (Å²) in [7, 11) is 0. The second-order valence-corrected chi connectivity index (χ2v) is 2.29. The SMILES string of the molecule is CCCOC1=CC=CC[CH]1. The first-order valence-corrected chi connectivity index (χ1v) is 3.76. The van der Waals surface area contributed by atoms with Gasteiger partial charge in [-0.1, -0.05) is 19.1 Å². The van der Waals surface area contributed by atoms with Gasteiger partial charge < -0.3 is 4.74 Å². The van der Waals surface area contributed by atoms with Crippen molar-refractivity contribution in [2.75, 3.05) is 6.61 Å². The highest BCUT2D eigenvalue weighted by molar-refractivity contribution is 5.21. The average Bonchev–Trinajstić information content (AvgIpc) is 2.03. The summed E-state index contributed by atoms with van der Waals surface area (Å²) >= 11 is 0. The van der Waals surface area contributed by atoms with Crippen LogP contribution in [0.4, 0.5) is 0 Å². The third kappa shape index (κ3) is 2.26. The van der Waals surface area contributed by atoms with Gasteiger partial charge in [-0.2, -0.15) is 0 Å². The van der Waals surface area contributed by atoms with Gasteiger partial charge in [0.25, 0.3) is 0 Å². The van der Waals surface area contributed by atoms with E-state index in [1.54, 1.807) is 0 Å². The molecule has 1 heteroatoms. The van der Waals surface area contributed by atoms with E-state index in [-0.39, 0.29) is 0 Å². The van der Waals surface area contributed by atoms with Crippen LogP contribution in [0, 0.1) is 6.42 Å². The van der Waals surface area contributed by atoms with Crippen LogP contribution in [0.1, 0.15) is 19.8 Å². The smallest absolute Gasteiger partial charge is 0.100 e. The monoisotopic (exact) mass is 137 g/mol. The Labute approximate surface area is 62.4 Å². The highest BCUT2D eigenvalue weighted by atomic mass is 16.5. The van der Waals surface area contributed by atoms with Crippen LogP contribution in [-0.2, 0) is 4.74 Å². The van der Waals surface area contributed by atoms with Crippen LogP contribution in [0.3, 0.4) is 0 Å². The predicted molar refractivity (Wildman–Crippen MR) is 42.4 cm³/mol. The molecule has 1 rings (SSSR count). The molecule has 0 unspecified atom stereocenters. The minimum Gasteiger partial charge on any atom is -0.498 e. The Morgan fingerprint density at radius 3 is 3.10 bits per heavy atom. The first-order chi connectivity index (χ1) is 4.93. The Kier molecular flexibility index (Phi) is 3.07. The van der Waals surface area contributed by atoms with Crippen LogP contribution in [0.25, 0.3) is 0 Å². The summed E-state index contributed by atoms with van der Waals surface area (Å²) in [5, 5.41) is 0. The maximum absolute atomic E-state index is 5.39. The molecule has 0 spiro atoms. The normalized spacial score (nSPS) is 16.7. The van der Waals surface area contributed by atoms with Crippen LogP contribution in [-0.4, -0.2) is 6.61 Å². The van der Waals surface area contributed by atoms with Crippen LogP contribution in [0.2, 0.25) is 0 Å². The molecular formula is C9H13O. The highest BCUT2D eigenvalue weighted by Crippen LogP contribution is 2.11. The van der Waals surface area contributed by atoms with Gasteiger partial charge in [-0.05, 0) is 18.9 Å².